The zero-order valence-electron chi connectivity index (χ0n) is 11.2. The third-order valence-electron chi connectivity index (χ3n) is 3.00. The van der Waals surface area contributed by atoms with Crippen LogP contribution in [0.1, 0.15) is 22.3 Å². The van der Waals surface area contributed by atoms with E-state index in [1.807, 2.05) is 18.2 Å². The van der Waals surface area contributed by atoms with Gasteiger partial charge < -0.3 is 4.74 Å². The van der Waals surface area contributed by atoms with Crippen LogP contribution >= 0.6 is 11.6 Å². The van der Waals surface area contributed by atoms with Crippen LogP contribution in [0.4, 0.5) is 0 Å². The van der Waals surface area contributed by atoms with Gasteiger partial charge in [-0.15, -0.1) is 0 Å². The van der Waals surface area contributed by atoms with Gasteiger partial charge in [-0.1, -0.05) is 54.1 Å². The Kier molecular flexibility index (Phi) is 5.78. The van der Waals surface area contributed by atoms with Crippen LogP contribution in [-0.4, -0.2) is 19.0 Å². The summed E-state index contributed by atoms with van der Waals surface area (Å²) in [6.07, 6.45) is 1.86. The van der Waals surface area contributed by atoms with Crippen molar-refractivity contribution in [1.29, 1.82) is 0 Å². The second-order valence-corrected chi connectivity index (χ2v) is 4.95. The van der Waals surface area contributed by atoms with Crippen LogP contribution in [0.5, 0.6) is 0 Å². The van der Waals surface area contributed by atoms with Gasteiger partial charge in [-0.05, 0) is 30.5 Å². The fourth-order valence-corrected chi connectivity index (χ4v) is 2.19. The average Bonchev–Trinajstić information content (AvgIpc) is 2.48. The number of hydrogen-bond donors (Lipinski definition) is 0. The molecule has 2 aromatic rings. The minimum absolute atomic E-state index is 0.0738. The fraction of sp³-hybridized carbons (Fsp3) is 0.235. The first kappa shape index (κ1) is 14.8. The Morgan fingerprint density at radius 1 is 1.00 bits per heavy atom. The van der Waals surface area contributed by atoms with Gasteiger partial charge in [-0.2, -0.15) is 0 Å². The molecule has 0 bridgehead atoms. The maximum absolute atomic E-state index is 11.9. The predicted octanol–water partition coefficient (Wildman–Crippen LogP) is 4.17. The molecule has 104 valence electrons. The number of halogens is 1. The maximum Gasteiger partial charge on any atom is 0.189 e. The molecule has 0 radical (unpaired) electrons. The number of carbonyl (C=O) groups is 1. The van der Waals surface area contributed by atoms with Crippen molar-refractivity contribution in [3.05, 3.63) is 70.7 Å². The molecule has 0 N–H and O–H groups in total. The number of ether oxygens (including phenoxy) is 1. The van der Waals surface area contributed by atoms with Crippen LogP contribution in [-0.2, 0) is 11.2 Å². The first-order chi connectivity index (χ1) is 9.77. The van der Waals surface area contributed by atoms with Crippen molar-refractivity contribution in [3.63, 3.8) is 0 Å². The van der Waals surface area contributed by atoms with E-state index in [0.717, 1.165) is 12.8 Å². The van der Waals surface area contributed by atoms with Crippen LogP contribution in [0.2, 0.25) is 5.02 Å². The number of rotatable bonds is 7. The van der Waals surface area contributed by atoms with Crippen LogP contribution in [0.3, 0.4) is 0 Å². The van der Waals surface area contributed by atoms with Gasteiger partial charge in [0.15, 0.2) is 5.78 Å². The van der Waals surface area contributed by atoms with Crippen molar-refractivity contribution < 1.29 is 9.53 Å². The van der Waals surface area contributed by atoms with E-state index < -0.39 is 0 Å². The summed E-state index contributed by atoms with van der Waals surface area (Å²) < 4.78 is 5.42. The van der Waals surface area contributed by atoms with Gasteiger partial charge in [-0.3, -0.25) is 4.79 Å². The molecule has 0 unspecified atom stereocenters. The van der Waals surface area contributed by atoms with Gasteiger partial charge in [0, 0.05) is 12.2 Å². The van der Waals surface area contributed by atoms with Gasteiger partial charge in [0.2, 0.25) is 0 Å². The van der Waals surface area contributed by atoms with E-state index in [-0.39, 0.29) is 12.4 Å². The molecule has 3 heteroatoms. The summed E-state index contributed by atoms with van der Waals surface area (Å²) in [6, 6.07) is 17.3. The molecule has 0 spiro atoms. The second-order valence-electron chi connectivity index (χ2n) is 4.54. The Hall–Kier alpha value is -1.64. The van der Waals surface area contributed by atoms with Crippen molar-refractivity contribution in [2.75, 3.05) is 13.2 Å². The lowest BCUT2D eigenvalue weighted by Gasteiger charge is -2.05. The smallest absolute Gasteiger partial charge is 0.189 e. The first-order valence-electron chi connectivity index (χ1n) is 6.67. The third-order valence-corrected chi connectivity index (χ3v) is 3.33. The molecule has 2 rings (SSSR count). The molecule has 0 aromatic heterocycles. The molecule has 0 fully saturated rings. The Morgan fingerprint density at radius 3 is 2.45 bits per heavy atom. The van der Waals surface area contributed by atoms with Crippen LogP contribution in [0, 0.1) is 0 Å². The molecule has 0 saturated heterocycles. The zero-order chi connectivity index (χ0) is 14.2. The highest BCUT2D eigenvalue weighted by atomic mass is 35.5. The van der Waals surface area contributed by atoms with Gasteiger partial charge >= 0.3 is 0 Å². The monoisotopic (exact) mass is 288 g/mol. The topological polar surface area (TPSA) is 26.3 Å². The molecule has 2 nitrogen and oxygen atoms in total. The normalized spacial score (nSPS) is 10.4. The Bertz CT molecular complexity index is 552. The number of benzene rings is 2. The highest BCUT2D eigenvalue weighted by Gasteiger charge is 2.09. The lowest BCUT2D eigenvalue weighted by molar-refractivity contribution is 0.0756. The molecule has 0 atom stereocenters. The lowest BCUT2D eigenvalue weighted by Crippen LogP contribution is -2.10. The molecule has 0 heterocycles. The number of hydrogen-bond acceptors (Lipinski definition) is 2. The Balaban J connectivity index is 1.69. The van der Waals surface area contributed by atoms with E-state index in [1.54, 1.807) is 24.3 Å². The predicted molar refractivity (Wildman–Crippen MR) is 81.4 cm³/mol. The number of carbonyl (C=O) groups excluding carboxylic acids is 1. The third kappa shape index (κ3) is 4.48. The summed E-state index contributed by atoms with van der Waals surface area (Å²) in [5, 5.41) is 0.477. The summed E-state index contributed by atoms with van der Waals surface area (Å²) in [7, 11) is 0. The SMILES string of the molecule is O=C(COCCCc1ccccc1)c1ccccc1Cl. The van der Waals surface area contributed by atoms with E-state index in [2.05, 4.69) is 12.1 Å². The molecule has 0 aliphatic rings. The highest BCUT2D eigenvalue weighted by Crippen LogP contribution is 2.15. The largest absolute Gasteiger partial charge is 0.373 e. The van der Waals surface area contributed by atoms with E-state index in [9.17, 15) is 4.79 Å². The Morgan fingerprint density at radius 2 is 1.70 bits per heavy atom. The average molecular weight is 289 g/mol. The van der Waals surface area contributed by atoms with Crippen LogP contribution in [0.25, 0.3) is 0 Å². The standard InChI is InChI=1S/C17H17ClO2/c18-16-11-5-4-10-15(16)17(19)13-20-12-6-9-14-7-2-1-3-8-14/h1-5,7-8,10-11H,6,9,12-13H2. The minimum atomic E-state index is -0.0738. The fourth-order valence-electron chi connectivity index (χ4n) is 1.95. The molecule has 0 saturated carbocycles. The quantitative estimate of drug-likeness (QED) is 0.564. The van der Waals surface area contributed by atoms with E-state index in [1.165, 1.54) is 5.56 Å². The summed E-state index contributed by atoms with van der Waals surface area (Å²) >= 11 is 5.96. The van der Waals surface area contributed by atoms with Gasteiger partial charge in [0.25, 0.3) is 0 Å². The van der Waals surface area contributed by atoms with Gasteiger partial charge in [-0.25, -0.2) is 0 Å². The van der Waals surface area contributed by atoms with Gasteiger partial charge in [0.1, 0.15) is 6.61 Å². The lowest BCUT2D eigenvalue weighted by atomic mass is 10.1. The molecule has 0 aliphatic heterocycles. The van der Waals surface area contributed by atoms with Crippen LogP contribution < -0.4 is 0 Å². The van der Waals surface area contributed by atoms with Crippen LogP contribution in [0.15, 0.2) is 54.6 Å². The molecule has 0 aliphatic carbocycles. The first-order valence-corrected chi connectivity index (χ1v) is 7.04. The molecular formula is C17H17ClO2. The van der Waals surface area contributed by atoms with Crippen molar-refractivity contribution in [2.45, 2.75) is 12.8 Å². The van der Waals surface area contributed by atoms with Crippen molar-refractivity contribution in [3.8, 4) is 0 Å². The molecular weight excluding hydrogens is 272 g/mol. The van der Waals surface area contributed by atoms with E-state index in [4.69, 9.17) is 16.3 Å². The number of ketones is 1. The van der Waals surface area contributed by atoms with E-state index >= 15 is 0 Å². The van der Waals surface area contributed by atoms with Crippen molar-refractivity contribution >= 4 is 17.4 Å². The minimum Gasteiger partial charge on any atom is -0.373 e. The highest BCUT2D eigenvalue weighted by molar-refractivity contribution is 6.34. The van der Waals surface area contributed by atoms with Crippen molar-refractivity contribution in [1.82, 2.24) is 0 Å². The van der Waals surface area contributed by atoms with E-state index in [0.29, 0.717) is 17.2 Å². The molecule has 2 aromatic carbocycles. The maximum atomic E-state index is 11.9. The van der Waals surface area contributed by atoms with Gasteiger partial charge in [0.05, 0.1) is 5.02 Å². The molecule has 20 heavy (non-hydrogen) atoms. The van der Waals surface area contributed by atoms with Crippen molar-refractivity contribution in [2.24, 2.45) is 0 Å². The number of aryl methyl sites for hydroxylation is 1. The Labute approximate surface area is 124 Å². The summed E-state index contributed by atoms with van der Waals surface area (Å²) in [5.74, 6) is -0.0738. The summed E-state index contributed by atoms with van der Waals surface area (Å²) in [4.78, 5) is 11.9. The zero-order valence-corrected chi connectivity index (χ0v) is 12.0. The second kappa shape index (κ2) is 7.83. The molecule has 0 amide bonds. The summed E-state index contributed by atoms with van der Waals surface area (Å²) in [5.41, 5.74) is 1.81. The number of Topliss-reactive ketones (excluding diaryl/α,β-unsaturated/α-hetero) is 1. The summed E-state index contributed by atoms with van der Waals surface area (Å²) in [6.45, 7) is 0.656.